The molecule has 0 aromatic rings. The van der Waals surface area contributed by atoms with Crippen molar-refractivity contribution >= 4 is 45.2 Å². The van der Waals surface area contributed by atoms with Gasteiger partial charge in [-0.2, -0.15) is 0 Å². The first-order valence-corrected chi connectivity index (χ1v) is 20.2. The molecule has 224 valence electrons. The zero-order valence-corrected chi connectivity index (χ0v) is 32.8. The summed E-state index contributed by atoms with van der Waals surface area (Å²) in [4.78, 5) is 0. The maximum atomic E-state index is 2.42. The van der Waals surface area contributed by atoms with Crippen LogP contribution in [0.5, 0.6) is 0 Å². The average molecular weight is 675 g/mol. The minimum absolute atomic E-state index is 0. The molecular weight excluding hydrogens is 610 g/mol. The molecule has 0 saturated carbocycles. The normalized spacial score (nSPS) is 12.0. The number of rotatable bonds is 14. The predicted octanol–water partition coefficient (Wildman–Crippen LogP) is 10.9. The van der Waals surface area contributed by atoms with Crippen LogP contribution in [0.2, 0.25) is 0 Å². The molecule has 0 unspecified atom stereocenters. The van der Waals surface area contributed by atoms with E-state index < -0.39 is 0 Å². The minimum atomic E-state index is 0. The smallest absolute Gasteiger partial charge is 0 e. The molecule has 0 aromatic heterocycles. The third-order valence-corrected chi connectivity index (χ3v) is 20.8. The molecule has 0 aliphatic rings. The van der Waals surface area contributed by atoms with E-state index in [9.17, 15) is 0 Å². The van der Waals surface area contributed by atoms with E-state index >= 15 is 0 Å². The van der Waals surface area contributed by atoms with Crippen molar-refractivity contribution < 1.29 is 33.0 Å². The van der Waals surface area contributed by atoms with Crippen LogP contribution in [0.3, 0.4) is 0 Å². The Kier molecular flexibility index (Phi) is 35.5. The van der Waals surface area contributed by atoms with Gasteiger partial charge in [-0.15, -0.1) is 31.7 Å². The minimum Gasteiger partial charge on any atom is -0.813 e. The Morgan fingerprint density at radius 2 is 0.371 bits per heavy atom. The molecule has 0 bridgehead atoms. The van der Waals surface area contributed by atoms with Crippen molar-refractivity contribution in [2.45, 2.75) is 156 Å². The Morgan fingerprint density at radius 1 is 0.286 bits per heavy atom. The zero-order chi connectivity index (χ0) is 25.8. The van der Waals surface area contributed by atoms with Crippen LogP contribution in [0, 0.1) is 0 Å². The van der Waals surface area contributed by atoms with E-state index in [0.29, 0.717) is 0 Å². The molecule has 0 rings (SSSR count). The molecule has 0 heterocycles. The van der Waals surface area contributed by atoms with Gasteiger partial charge in [0.25, 0.3) is 0 Å². The van der Waals surface area contributed by atoms with Crippen LogP contribution in [0.1, 0.15) is 111 Å². The van der Waals surface area contributed by atoms with Gasteiger partial charge in [-0.25, -0.2) is 0 Å². The molecule has 0 aromatic carbocycles. The van der Waals surface area contributed by atoms with Crippen molar-refractivity contribution in [1.82, 2.24) is 0 Å². The molecule has 0 N–H and O–H groups in total. The first-order valence-electron chi connectivity index (χ1n) is 13.6. The summed E-state index contributed by atoms with van der Waals surface area (Å²) in [7, 11) is 1.02. The van der Waals surface area contributed by atoms with E-state index in [-0.39, 0.29) is 78.2 Å². The monoisotopic (exact) mass is 673 g/mol. The fraction of sp³-hybridized carbons (Fsp3) is 1.00. The molecule has 0 nitrogen and oxygen atoms in total. The van der Waals surface area contributed by atoms with Crippen LogP contribution in [0.15, 0.2) is 0 Å². The Labute approximate surface area is 257 Å². The Hall–Kier alpha value is 3.06. The van der Waals surface area contributed by atoms with Gasteiger partial charge in [-0.3, -0.25) is 0 Å². The number of hydrogen-bond donors (Lipinski definition) is 0. The third-order valence-electron chi connectivity index (χ3n) is 6.54. The Morgan fingerprint density at radius 3 is 0.429 bits per heavy atom. The first kappa shape index (κ1) is 47.8. The van der Waals surface area contributed by atoms with Crippen LogP contribution in [-0.4, -0.2) is 69.9 Å². The van der Waals surface area contributed by atoms with E-state index in [1.165, 1.54) is 24.6 Å². The van der Waals surface area contributed by atoms with Gasteiger partial charge in [-0.1, -0.05) is 111 Å². The molecule has 0 amide bonds. The van der Waals surface area contributed by atoms with E-state index in [2.05, 4.69) is 111 Å². The fourth-order valence-corrected chi connectivity index (χ4v) is 17.5. The molecule has 7 heteroatoms. The van der Waals surface area contributed by atoms with Crippen LogP contribution in [0.4, 0.5) is 0 Å². The van der Waals surface area contributed by atoms with Gasteiger partial charge in [0.1, 0.15) is 0 Å². The summed E-state index contributed by atoms with van der Waals surface area (Å²) in [5.74, 6) is 0. The van der Waals surface area contributed by atoms with Crippen molar-refractivity contribution in [2.75, 3.05) is 24.6 Å². The summed E-state index contributed by atoms with van der Waals surface area (Å²) in [5, 5.41) is 0. The quantitative estimate of drug-likeness (QED) is 0.0765. The van der Waals surface area contributed by atoms with E-state index in [0.717, 1.165) is 45.3 Å². The number of thiol groups is 1. The van der Waals surface area contributed by atoms with Crippen molar-refractivity contribution in [1.29, 1.82) is 0 Å². The summed E-state index contributed by atoms with van der Waals surface area (Å²) in [5.41, 5.74) is 7.27. The van der Waals surface area contributed by atoms with Crippen molar-refractivity contribution in [2.24, 2.45) is 0 Å². The van der Waals surface area contributed by atoms with E-state index in [1.54, 1.807) is 0 Å². The van der Waals surface area contributed by atoms with Crippen molar-refractivity contribution in [3.05, 3.63) is 0 Å². The Balaban J connectivity index is -0.000000158. The van der Waals surface area contributed by atoms with Crippen molar-refractivity contribution in [3.8, 4) is 0 Å². The molecule has 0 aliphatic heterocycles. The summed E-state index contributed by atoms with van der Waals surface area (Å²) in [6.45, 7) is 38.6. The summed E-state index contributed by atoms with van der Waals surface area (Å²) in [6, 6.07) is 0. The molecule has 0 aliphatic carbocycles. The van der Waals surface area contributed by atoms with E-state index in [4.69, 9.17) is 0 Å². The maximum absolute atomic E-state index is 2.42. The molecule has 0 radical (unpaired) electrons. The zero-order valence-electron chi connectivity index (χ0n) is 26.3. The van der Waals surface area contributed by atoms with Crippen LogP contribution < -0.4 is 0 Å². The largest absolute Gasteiger partial charge is 0.813 e. The summed E-state index contributed by atoms with van der Waals surface area (Å²) >= 11 is 0. The maximum Gasteiger partial charge on any atom is 0 e. The topological polar surface area (TPSA) is 0 Å². The molecule has 35 heavy (non-hydrogen) atoms. The second-order valence-corrected chi connectivity index (χ2v) is 25.9. The van der Waals surface area contributed by atoms with Crippen LogP contribution >= 0.6 is 31.7 Å². The predicted molar refractivity (Wildman–Crippen MR) is 177 cm³/mol. The number of hydrogen-bond acceptors (Lipinski definition) is 1. The second kappa shape index (κ2) is 26.0. The van der Waals surface area contributed by atoms with Crippen LogP contribution in [0.25, 0.3) is 0 Å². The Bertz CT molecular complexity index is 333. The molecule has 0 fully saturated rings. The molecule has 0 atom stereocenters. The van der Waals surface area contributed by atoms with Gasteiger partial charge in [0.05, 0.1) is 0 Å². The van der Waals surface area contributed by atoms with Gasteiger partial charge >= 0.3 is 0 Å². The van der Waals surface area contributed by atoms with Crippen LogP contribution in [-0.2, 0) is 46.5 Å². The van der Waals surface area contributed by atoms with Gasteiger partial charge in [0, 0.05) is 33.0 Å². The first-order chi connectivity index (χ1) is 14.5. The SMILES string of the molecule is CC(C)P(CCP(C(C)C)C(C)C)C(C)C.CC(C)P(CCP(C(C)C)C(C)C)C(C)C.[Ni].[Ni].[SH-]. The molecular formula is C28H65Ni2P4S-. The molecule has 0 spiro atoms. The summed E-state index contributed by atoms with van der Waals surface area (Å²) < 4.78 is 0. The molecule has 0 saturated heterocycles. The van der Waals surface area contributed by atoms with Gasteiger partial charge in [-0.05, 0) is 69.9 Å². The fourth-order valence-electron chi connectivity index (χ4n) is 4.91. The second-order valence-electron chi connectivity index (χ2n) is 11.7. The standard InChI is InChI=1S/2C14H32P2.2Ni.H2S/c2*1-11(2)15(12(3)4)9-10-16(13(5)6)14(7)8;;;/h2*11-14H,9-10H2,1-8H3;;;1H2/p-1. The average Bonchev–Trinajstić information content (AvgIpc) is 2.59. The van der Waals surface area contributed by atoms with Gasteiger partial charge in [0.2, 0.25) is 0 Å². The van der Waals surface area contributed by atoms with Crippen molar-refractivity contribution in [3.63, 3.8) is 0 Å². The third kappa shape index (κ3) is 22.4. The van der Waals surface area contributed by atoms with E-state index in [1.807, 2.05) is 0 Å². The van der Waals surface area contributed by atoms with Gasteiger partial charge in [0.15, 0.2) is 0 Å². The summed E-state index contributed by atoms with van der Waals surface area (Å²) in [6.07, 6.45) is 6.03. The van der Waals surface area contributed by atoms with Gasteiger partial charge < -0.3 is 13.5 Å².